The summed E-state index contributed by atoms with van der Waals surface area (Å²) in [4.78, 5) is 33.4. The largest absolute Gasteiger partial charge is 0.370 e. The molecule has 1 saturated heterocycles. The van der Waals surface area contributed by atoms with Gasteiger partial charge in [0.25, 0.3) is 11.8 Å². The molecule has 12 heteroatoms. The van der Waals surface area contributed by atoms with E-state index < -0.39 is 15.4 Å². The Morgan fingerprint density at radius 1 is 1.16 bits per heavy atom. The summed E-state index contributed by atoms with van der Waals surface area (Å²) in [7, 11) is -3.52. The summed E-state index contributed by atoms with van der Waals surface area (Å²) in [5.41, 5.74) is 2.19. The van der Waals surface area contributed by atoms with E-state index in [0.29, 0.717) is 60.4 Å². The first-order valence-corrected chi connectivity index (χ1v) is 17.6. The molecule has 234 valence electrons. The number of hydrogen-bond acceptors (Lipinski definition) is 8. The molecule has 0 unspecified atom stereocenters. The molecule has 4 aliphatic rings. The van der Waals surface area contributed by atoms with Crippen molar-refractivity contribution in [3.05, 3.63) is 80.6 Å². The molecule has 10 nitrogen and oxygen atoms in total. The molecule has 2 saturated carbocycles. The average Bonchev–Trinajstić information content (AvgIpc) is 3.91. The quantitative estimate of drug-likeness (QED) is 0.386. The second-order valence-corrected chi connectivity index (χ2v) is 15.0. The number of aromatic nitrogens is 2. The number of carbonyl (C=O) groups is 2. The number of hydrogen-bond donors (Lipinski definition) is 2. The van der Waals surface area contributed by atoms with Crippen LogP contribution in [-0.4, -0.2) is 54.6 Å². The Hall–Kier alpha value is -3.44. The number of benzene rings is 1. The lowest BCUT2D eigenvalue weighted by molar-refractivity contribution is -0.123. The minimum atomic E-state index is -3.52. The minimum Gasteiger partial charge on any atom is -0.370 e. The summed E-state index contributed by atoms with van der Waals surface area (Å²) in [5.74, 6) is 1.49. The van der Waals surface area contributed by atoms with Gasteiger partial charge in [-0.15, -0.1) is 0 Å². The van der Waals surface area contributed by atoms with Crippen LogP contribution in [0.4, 0.5) is 0 Å². The second kappa shape index (κ2) is 12.2. The van der Waals surface area contributed by atoms with E-state index in [2.05, 4.69) is 25.7 Å². The molecule has 2 heterocycles. The third kappa shape index (κ3) is 6.94. The summed E-state index contributed by atoms with van der Waals surface area (Å²) in [6.07, 6.45) is 11.4. The van der Waals surface area contributed by atoms with Crippen molar-refractivity contribution in [3.63, 3.8) is 0 Å². The lowest BCUT2D eigenvalue weighted by Gasteiger charge is -2.37. The Kier molecular flexibility index (Phi) is 8.45. The lowest BCUT2D eigenvalue weighted by Crippen LogP contribution is -2.40. The fourth-order valence-corrected chi connectivity index (χ4v) is 7.00. The molecule has 0 radical (unpaired) electrons. The number of halogens is 1. The first kappa shape index (κ1) is 30.6. The molecule has 2 aromatic rings. The summed E-state index contributed by atoms with van der Waals surface area (Å²) >= 11 is 6.13. The Bertz CT molecular complexity index is 1660. The van der Waals surface area contributed by atoms with Gasteiger partial charge < -0.3 is 20.1 Å². The van der Waals surface area contributed by atoms with Gasteiger partial charge in [-0.25, -0.2) is 8.42 Å². The highest BCUT2D eigenvalue weighted by Gasteiger charge is 2.51. The van der Waals surface area contributed by atoms with Crippen molar-refractivity contribution in [2.24, 2.45) is 5.92 Å². The van der Waals surface area contributed by atoms with Gasteiger partial charge in [-0.05, 0) is 94.1 Å². The van der Waals surface area contributed by atoms with Crippen LogP contribution in [-0.2, 0) is 20.2 Å². The monoisotopic (exact) mass is 639 g/mol. The summed E-state index contributed by atoms with van der Waals surface area (Å²) in [6, 6.07) is 6.64. The van der Waals surface area contributed by atoms with E-state index in [0.717, 1.165) is 55.6 Å². The van der Waals surface area contributed by atoms with Crippen molar-refractivity contribution in [2.75, 3.05) is 19.3 Å². The van der Waals surface area contributed by atoms with E-state index in [1.807, 2.05) is 6.92 Å². The molecule has 1 aromatic heterocycles. The third-order valence-corrected chi connectivity index (χ3v) is 10.3. The molecular formula is C32H38ClN5O5S. The first-order chi connectivity index (χ1) is 21.0. The smallest absolute Gasteiger partial charge is 0.255 e. The second-order valence-electron chi connectivity index (χ2n) is 12.6. The SMILES string of the molecule is CC1=C(N2CCC(CC(=O)NC3(c4nc(C5CC5)no4)CC3)CC2)C(NC(=O)c2cccc(Cl)c2)=CC(S(C)(=O)=O)=CCC1. The van der Waals surface area contributed by atoms with Crippen molar-refractivity contribution in [2.45, 2.75) is 76.2 Å². The number of rotatable bonds is 9. The Labute approximate surface area is 262 Å². The van der Waals surface area contributed by atoms with E-state index >= 15 is 0 Å². The van der Waals surface area contributed by atoms with Crippen LogP contribution in [0.3, 0.4) is 0 Å². The maximum atomic E-state index is 13.3. The van der Waals surface area contributed by atoms with Gasteiger partial charge in [-0.1, -0.05) is 28.9 Å². The van der Waals surface area contributed by atoms with Crippen LogP contribution in [0, 0.1) is 5.92 Å². The molecule has 44 heavy (non-hydrogen) atoms. The van der Waals surface area contributed by atoms with Crippen LogP contribution in [0.2, 0.25) is 5.02 Å². The van der Waals surface area contributed by atoms with Gasteiger partial charge in [0.1, 0.15) is 5.54 Å². The highest BCUT2D eigenvalue weighted by atomic mass is 35.5. The van der Waals surface area contributed by atoms with Crippen molar-refractivity contribution >= 4 is 33.3 Å². The van der Waals surface area contributed by atoms with Gasteiger partial charge in [0.15, 0.2) is 15.7 Å². The molecular weight excluding hydrogens is 602 g/mol. The molecule has 0 bridgehead atoms. The predicted octanol–water partition coefficient (Wildman–Crippen LogP) is 5.12. The number of nitrogens with zero attached hydrogens (tertiary/aromatic N) is 3. The zero-order valence-corrected chi connectivity index (χ0v) is 26.6. The molecule has 2 amide bonds. The minimum absolute atomic E-state index is 0.00854. The van der Waals surface area contributed by atoms with E-state index in [1.54, 1.807) is 36.4 Å². The van der Waals surface area contributed by atoms with Gasteiger partial charge in [0.2, 0.25) is 5.91 Å². The third-order valence-electron chi connectivity index (χ3n) is 8.90. The van der Waals surface area contributed by atoms with E-state index in [1.165, 1.54) is 6.26 Å². The summed E-state index contributed by atoms with van der Waals surface area (Å²) < 4.78 is 30.7. The highest BCUT2D eigenvalue weighted by Crippen LogP contribution is 2.46. The predicted molar refractivity (Wildman–Crippen MR) is 166 cm³/mol. The van der Waals surface area contributed by atoms with E-state index in [-0.39, 0.29) is 22.6 Å². The molecule has 3 aliphatic carbocycles. The van der Waals surface area contributed by atoms with Gasteiger partial charge in [0, 0.05) is 42.3 Å². The molecule has 1 aliphatic heterocycles. The van der Waals surface area contributed by atoms with Gasteiger partial charge in [0.05, 0.1) is 16.3 Å². The molecule has 1 aromatic carbocycles. The number of amides is 2. The maximum Gasteiger partial charge on any atom is 0.255 e. The number of sulfone groups is 1. The number of piperidine rings is 1. The molecule has 0 atom stereocenters. The van der Waals surface area contributed by atoms with Crippen molar-refractivity contribution in [3.8, 4) is 0 Å². The van der Waals surface area contributed by atoms with Crippen LogP contribution < -0.4 is 10.6 Å². The van der Waals surface area contributed by atoms with E-state index in [9.17, 15) is 18.0 Å². The van der Waals surface area contributed by atoms with Crippen LogP contribution in [0.15, 0.2) is 62.8 Å². The van der Waals surface area contributed by atoms with Crippen molar-refractivity contribution < 1.29 is 22.5 Å². The average molecular weight is 640 g/mol. The van der Waals surface area contributed by atoms with Crippen molar-refractivity contribution in [1.29, 1.82) is 0 Å². The number of nitrogens with one attached hydrogen (secondary N) is 2. The zero-order chi connectivity index (χ0) is 31.1. The first-order valence-electron chi connectivity index (χ1n) is 15.3. The lowest BCUT2D eigenvalue weighted by atomic mass is 9.91. The van der Waals surface area contributed by atoms with Crippen LogP contribution in [0.1, 0.15) is 92.7 Å². The fourth-order valence-electron chi connectivity index (χ4n) is 6.06. The Morgan fingerprint density at radius 2 is 1.91 bits per heavy atom. The van der Waals surface area contributed by atoms with Gasteiger partial charge in [-0.3, -0.25) is 9.59 Å². The number of allylic oxidation sites excluding steroid dienone is 3. The number of likely N-dealkylation sites (tertiary alicyclic amines) is 1. The molecule has 0 spiro atoms. The Balaban J connectivity index is 1.14. The standard InChI is InChI=1S/C32H38ClN5O5S/c1-20-5-3-8-25(44(2,41)42)19-26(34-30(40)23-6-4-7-24(33)18-23)28(20)38-15-11-21(12-16-38)17-27(39)36-32(13-14-32)31-35-29(37-43-31)22-9-10-22/h4,6-8,18-19,21-22H,3,5,9-17H2,1-2H3,(H,34,40)(H,36,39). The van der Waals surface area contributed by atoms with Crippen LogP contribution in [0.5, 0.6) is 0 Å². The van der Waals surface area contributed by atoms with Gasteiger partial charge in [-0.2, -0.15) is 4.98 Å². The highest BCUT2D eigenvalue weighted by molar-refractivity contribution is 7.94. The maximum absolute atomic E-state index is 13.3. The van der Waals surface area contributed by atoms with E-state index in [4.69, 9.17) is 16.1 Å². The summed E-state index contributed by atoms with van der Waals surface area (Å²) in [5, 5.41) is 10.7. The van der Waals surface area contributed by atoms with Crippen molar-refractivity contribution in [1.82, 2.24) is 25.7 Å². The normalized spacial score (nSPS) is 20.8. The number of carbonyl (C=O) groups excluding carboxylic acids is 2. The Morgan fingerprint density at radius 3 is 2.57 bits per heavy atom. The fraction of sp³-hybridized carbons (Fsp3) is 0.500. The van der Waals surface area contributed by atoms with Crippen LogP contribution in [0.25, 0.3) is 0 Å². The summed E-state index contributed by atoms with van der Waals surface area (Å²) in [6.45, 7) is 3.37. The van der Waals surface area contributed by atoms with Crippen LogP contribution >= 0.6 is 11.6 Å². The zero-order valence-electron chi connectivity index (χ0n) is 25.1. The topological polar surface area (TPSA) is 134 Å². The molecule has 6 rings (SSSR count). The molecule has 2 N–H and O–H groups in total. The van der Waals surface area contributed by atoms with Gasteiger partial charge >= 0.3 is 0 Å². The molecule has 3 fully saturated rings.